The van der Waals surface area contributed by atoms with Crippen LogP contribution in [0.2, 0.25) is 0 Å². The van der Waals surface area contributed by atoms with E-state index in [0.29, 0.717) is 18.1 Å². The molecule has 0 aliphatic carbocycles. The Balaban J connectivity index is 2.69. The van der Waals surface area contributed by atoms with Crippen LogP contribution >= 0.6 is 0 Å². The predicted octanol–water partition coefficient (Wildman–Crippen LogP) is -0.279. The van der Waals surface area contributed by atoms with Crippen molar-refractivity contribution in [3.8, 4) is 0 Å². The number of hydrogen-bond donors (Lipinski definition) is 2. The van der Waals surface area contributed by atoms with E-state index in [9.17, 15) is 5.11 Å². The average molecular weight is 241 g/mol. The van der Waals surface area contributed by atoms with Crippen LogP contribution in [0.3, 0.4) is 0 Å². The molecule has 0 amide bonds. The van der Waals surface area contributed by atoms with Crippen molar-refractivity contribution in [2.45, 2.75) is 19.6 Å². The molecule has 1 rings (SSSR count). The van der Waals surface area contributed by atoms with Gasteiger partial charge in [0.15, 0.2) is 0 Å². The minimum absolute atomic E-state index is 0.0673. The SMILES string of the molecule is COCC(O)CN(C)c1ncc(CO)c(C)n1. The van der Waals surface area contributed by atoms with Crippen LogP contribution in [0.25, 0.3) is 0 Å². The molecule has 0 radical (unpaired) electrons. The largest absolute Gasteiger partial charge is 0.392 e. The molecule has 0 aliphatic rings. The second-order valence-corrected chi connectivity index (χ2v) is 3.93. The van der Waals surface area contributed by atoms with Crippen LogP contribution in [0.15, 0.2) is 6.20 Å². The molecule has 0 saturated heterocycles. The van der Waals surface area contributed by atoms with Gasteiger partial charge in [-0.2, -0.15) is 0 Å². The number of nitrogens with zero attached hydrogens (tertiary/aromatic N) is 3. The fraction of sp³-hybridized carbons (Fsp3) is 0.636. The summed E-state index contributed by atoms with van der Waals surface area (Å²) in [6, 6.07) is 0. The van der Waals surface area contributed by atoms with Gasteiger partial charge in [-0.05, 0) is 6.92 Å². The molecule has 1 aromatic heterocycles. The third-order valence-corrected chi connectivity index (χ3v) is 2.42. The van der Waals surface area contributed by atoms with Gasteiger partial charge in [0.25, 0.3) is 0 Å². The normalized spacial score (nSPS) is 12.5. The molecule has 6 nitrogen and oxygen atoms in total. The summed E-state index contributed by atoms with van der Waals surface area (Å²) >= 11 is 0. The van der Waals surface area contributed by atoms with E-state index in [-0.39, 0.29) is 13.2 Å². The number of anilines is 1. The Morgan fingerprint density at radius 1 is 1.53 bits per heavy atom. The summed E-state index contributed by atoms with van der Waals surface area (Å²) in [7, 11) is 3.34. The fourth-order valence-corrected chi connectivity index (χ4v) is 1.46. The molecular formula is C11H19N3O3. The molecule has 0 bridgehead atoms. The molecule has 2 N–H and O–H groups in total. The van der Waals surface area contributed by atoms with E-state index in [0.717, 1.165) is 5.69 Å². The summed E-state index contributed by atoms with van der Waals surface area (Å²) in [6.45, 7) is 2.42. The van der Waals surface area contributed by atoms with Gasteiger partial charge in [-0.1, -0.05) is 0 Å². The summed E-state index contributed by atoms with van der Waals surface area (Å²) in [5.41, 5.74) is 1.45. The van der Waals surface area contributed by atoms with Crippen molar-refractivity contribution >= 4 is 5.95 Å². The predicted molar refractivity (Wildman–Crippen MR) is 63.8 cm³/mol. The number of aliphatic hydroxyl groups excluding tert-OH is 2. The van der Waals surface area contributed by atoms with Gasteiger partial charge >= 0.3 is 0 Å². The molecule has 1 aromatic rings. The van der Waals surface area contributed by atoms with Gasteiger partial charge in [-0.25, -0.2) is 9.97 Å². The molecule has 0 saturated carbocycles. The molecule has 17 heavy (non-hydrogen) atoms. The standard InChI is InChI=1S/C11H19N3O3/c1-8-9(6-15)4-12-11(13-8)14(2)5-10(16)7-17-3/h4,10,15-16H,5-7H2,1-3H3. The highest BCUT2D eigenvalue weighted by Crippen LogP contribution is 2.10. The monoisotopic (exact) mass is 241 g/mol. The Morgan fingerprint density at radius 2 is 2.24 bits per heavy atom. The van der Waals surface area contributed by atoms with Crippen molar-refractivity contribution in [2.24, 2.45) is 0 Å². The molecule has 1 unspecified atom stereocenters. The first kappa shape index (κ1) is 13.8. The number of hydrogen-bond acceptors (Lipinski definition) is 6. The van der Waals surface area contributed by atoms with Crippen LogP contribution in [-0.2, 0) is 11.3 Å². The number of aromatic nitrogens is 2. The van der Waals surface area contributed by atoms with E-state index in [4.69, 9.17) is 9.84 Å². The third-order valence-electron chi connectivity index (χ3n) is 2.42. The van der Waals surface area contributed by atoms with Crippen LogP contribution in [0.1, 0.15) is 11.3 Å². The maximum atomic E-state index is 9.59. The minimum atomic E-state index is -0.577. The van der Waals surface area contributed by atoms with E-state index in [2.05, 4.69) is 9.97 Å². The molecule has 0 aliphatic heterocycles. The molecule has 0 spiro atoms. The molecular weight excluding hydrogens is 222 g/mol. The third kappa shape index (κ3) is 3.92. The second-order valence-electron chi connectivity index (χ2n) is 3.93. The Morgan fingerprint density at radius 3 is 2.76 bits per heavy atom. The molecule has 6 heteroatoms. The molecule has 1 heterocycles. The Labute approximate surface area is 101 Å². The van der Waals surface area contributed by atoms with Gasteiger partial charge in [0.1, 0.15) is 0 Å². The lowest BCUT2D eigenvalue weighted by atomic mass is 10.2. The highest BCUT2D eigenvalue weighted by atomic mass is 16.5. The number of rotatable bonds is 6. The van der Waals surface area contributed by atoms with E-state index in [1.807, 2.05) is 6.92 Å². The smallest absolute Gasteiger partial charge is 0.225 e. The minimum Gasteiger partial charge on any atom is -0.392 e. The first-order valence-corrected chi connectivity index (χ1v) is 5.40. The van der Waals surface area contributed by atoms with Crippen molar-refractivity contribution in [3.63, 3.8) is 0 Å². The number of ether oxygens (including phenoxy) is 1. The zero-order valence-corrected chi connectivity index (χ0v) is 10.4. The Hall–Kier alpha value is -1.24. The van der Waals surface area contributed by atoms with Crippen molar-refractivity contribution in [2.75, 3.05) is 32.2 Å². The van der Waals surface area contributed by atoms with E-state index >= 15 is 0 Å². The lowest BCUT2D eigenvalue weighted by Crippen LogP contribution is -2.33. The summed E-state index contributed by atoms with van der Waals surface area (Å²) in [4.78, 5) is 10.1. The Kier molecular flexibility index (Phi) is 5.27. The number of aryl methyl sites for hydroxylation is 1. The summed E-state index contributed by atoms with van der Waals surface area (Å²) in [5, 5.41) is 18.6. The molecule has 96 valence electrons. The first-order valence-electron chi connectivity index (χ1n) is 5.40. The van der Waals surface area contributed by atoms with Crippen molar-refractivity contribution < 1.29 is 14.9 Å². The van der Waals surface area contributed by atoms with E-state index in [1.165, 1.54) is 0 Å². The number of methoxy groups -OCH3 is 1. The lowest BCUT2D eigenvalue weighted by Gasteiger charge is -2.20. The lowest BCUT2D eigenvalue weighted by molar-refractivity contribution is 0.0693. The van der Waals surface area contributed by atoms with Gasteiger partial charge in [0, 0.05) is 38.2 Å². The van der Waals surface area contributed by atoms with Gasteiger partial charge in [0.05, 0.1) is 19.3 Å². The average Bonchev–Trinajstić information content (AvgIpc) is 2.29. The summed E-state index contributed by atoms with van der Waals surface area (Å²) in [6.07, 6.45) is 1.02. The summed E-state index contributed by atoms with van der Waals surface area (Å²) in [5.74, 6) is 0.523. The van der Waals surface area contributed by atoms with Crippen LogP contribution in [0.5, 0.6) is 0 Å². The van der Waals surface area contributed by atoms with E-state index < -0.39 is 6.10 Å². The van der Waals surface area contributed by atoms with Gasteiger partial charge < -0.3 is 19.8 Å². The van der Waals surface area contributed by atoms with Gasteiger partial charge in [0.2, 0.25) is 5.95 Å². The van der Waals surface area contributed by atoms with Crippen LogP contribution in [0.4, 0.5) is 5.95 Å². The maximum Gasteiger partial charge on any atom is 0.225 e. The zero-order chi connectivity index (χ0) is 12.8. The van der Waals surface area contributed by atoms with Crippen molar-refractivity contribution in [3.05, 3.63) is 17.5 Å². The van der Waals surface area contributed by atoms with Crippen LogP contribution in [0, 0.1) is 6.92 Å². The zero-order valence-electron chi connectivity index (χ0n) is 10.4. The van der Waals surface area contributed by atoms with E-state index in [1.54, 1.807) is 25.3 Å². The molecule has 0 fully saturated rings. The highest BCUT2D eigenvalue weighted by molar-refractivity contribution is 5.31. The number of likely N-dealkylation sites (N-methyl/N-ethyl adjacent to an activating group) is 1. The maximum absolute atomic E-state index is 9.59. The highest BCUT2D eigenvalue weighted by Gasteiger charge is 2.11. The van der Waals surface area contributed by atoms with Crippen LogP contribution < -0.4 is 4.90 Å². The topological polar surface area (TPSA) is 78.7 Å². The van der Waals surface area contributed by atoms with Crippen molar-refractivity contribution in [1.29, 1.82) is 0 Å². The Bertz CT molecular complexity index is 360. The van der Waals surface area contributed by atoms with Crippen molar-refractivity contribution in [1.82, 2.24) is 9.97 Å². The quantitative estimate of drug-likeness (QED) is 0.713. The molecule has 0 aromatic carbocycles. The summed E-state index contributed by atoms with van der Waals surface area (Å²) < 4.78 is 4.85. The first-order chi connectivity index (χ1) is 8.08. The fourth-order valence-electron chi connectivity index (χ4n) is 1.46. The molecule has 1 atom stereocenters. The second kappa shape index (κ2) is 6.48. The number of aliphatic hydroxyl groups is 2. The van der Waals surface area contributed by atoms with Gasteiger partial charge in [-0.3, -0.25) is 0 Å². The van der Waals surface area contributed by atoms with Crippen LogP contribution in [-0.4, -0.2) is 53.6 Å². The van der Waals surface area contributed by atoms with Gasteiger partial charge in [-0.15, -0.1) is 0 Å².